The first-order valence-corrected chi connectivity index (χ1v) is 12.8. The number of aliphatic hydroxyl groups excluding tert-OH is 1. The van der Waals surface area contributed by atoms with E-state index in [1.807, 2.05) is 37.3 Å². The van der Waals surface area contributed by atoms with Crippen LogP contribution in [0.15, 0.2) is 79.0 Å². The Morgan fingerprint density at radius 1 is 1.10 bits per heavy atom. The Hall–Kier alpha value is -4.21. The first-order chi connectivity index (χ1) is 18.9. The summed E-state index contributed by atoms with van der Waals surface area (Å²) in [5.74, 6) is -0.426. The predicted octanol–water partition coefficient (Wildman–Crippen LogP) is 5.38. The molecule has 10 heteroatoms. The highest BCUT2D eigenvalue weighted by atomic mass is 35.5. The highest BCUT2D eigenvalue weighted by Gasteiger charge is 2.46. The molecule has 3 amide bonds. The van der Waals surface area contributed by atoms with Crippen LogP contribution in [0.3, 0.4) is 0 Å². The molecule has 200 valence electrons. The number of H-pyrrole nitrogens is 1. The number of halogens is 2. The second kappa shape index (κ2) is 11.3. The molecule has 1 aliphatic rings. The van der Waals surface area contributed by atoms with Crippen molar-refractivity contribution in [2.45, 2.75) is 24.9 Å². The van der Waals surface area contributed by atoms with Gasteiger partial charge in [0.1, 0.15) is 36.1 Å². The second-order valence-electron chi connectivity index (χ2n) is 9.18. The Bertz CT molecular complexity index is 1480. The van der Waals surface area contributed by atoms with E-state index in [4.69, 9.17) is 21.4 Å². The molecule has 0 spiro atoms. The van der Waals surface area contributed by atoms with Gasteiger partial charge in [0, 0.05) is 16.5 Å². The van der Waals surface area contributed by atoms with Gasteiger partial charge in [-0.3, -0.25) is 9.69 Å². The zero-order valence-electron chi connectivity index (χ0n) is 21.0. The third kappa shape index (κ3) is 5.36. The number of hydrogen-bond donors (Lipinski definition) is 3. The van der Waals surface area contributed by atoms with Crippen LogP contribution in [0, 0.1) is 5.82 Å². The van der Waals surface area contributed by atoms with E-state index >= 15 is 0 Å². The number of imide groups is 1. The van der Waals surface area contributed by atoms with Gasteiger partial charge in [-0.05, 0) is 41.5 Å². The van der Waals surface area contributed by atoms with Crippen molar-refractivity contribution >= 4 is 23.5 Å². The Morgan fingerprint density at radius 3 is 2.54 bits per heavy atom. The number of carbonyl (C=O) groups is 2. The number of hydrogen-bond acceptors (Lipinski definition) is 5. The van der Waals surface area contributed by atoms with Gasteiger partial charge >= 0.3 is 6.03 Å². The number of rotatable bonds is 9. The van der Waals surface area contributed by atoms with Crippen LogP contribution in [-0.2, 0) is 4.79 Å². The van der Waals surface area contributed by atoms with Crippen molar-refractivity contribution in [3.05, 3.63) is 107 Å². The van der Waals surface area contributed by atoms with Gasteiger partial charge in [0.15, 0.2) is 0 Å². The lowest BCUT2D eigenvalue weighted by Crippen LogP contribution is -2.38. The van der Waals surface area contributed by atoms with Gasteiger partial charge in [0.2, 0.25) is 0 Å². The Morgan fingerprint density at radius 2 is 1.85 bits per heavy atom. The lowest BCUT2D eigenvalue weighted by atomic mass is 9.91. The summed E-state index contributed by atoms with van der Waals surface area (Å²) in [6.07, 6.45) is 1.48. The predicted molar refractivity (Wildman–Crippen MR) is 144 cm³/mol. The van der Waals surface area contributed by atoms with Crippen LogP contribution in [0.2, 0.25) is 5.02 Å². The van der Waals surface area contributed by atoms with E-state index in [-0.39, 0.29) is 29.7 Å². The highest BCUT2D eigenvalue weighted by Crippen LogP contribution is 2.39. The number of benzene rings is 3. The third-order valence-electron chi connectivity index (χ3n) is 6.72. The summed E-state index contributed by atoms with van der Waals surface area (Å²) in [5, 5.41) is 12.0. The lowest BCUT2D eigenvalue weighted by Gasteiger charge is -2.29. The molecule has 8 nitrogen and oxygen atoms in total. The Labute approximate surface area is 229 Å². The molecule has 1 saturated heterocycles. The van der Waals surface area contributed by atoms with E-state index in [9.17, 15) is 14.0 Å². The number of imidazole rings is 1. The molecular formula is C29H26ClFN4O4. The van der Waals surface area contributed by atoms with Crippen LogP contribution in [0.5, 0.6) is 5.75 Å². The number of carbonyl (C=O) groups excluding carboxylic acids is 2. The van der Waals surface area contributed by atoms with E-state index < -0.39 is 29.8 Å². The number of nitrogens with zero attached hydrogens (tertiary/aromatic N) is 2. The van der Waals surface area contributed by atoms with Crippen LogP contribution in [0.4, 0.5) is 9.18 Å². The zero-order chi connectivity index (χ0) is 27.5. The van der Waals surface area contributed by atoms with E-state index in [0.29, 0.717) is 22.8 Å². The smallest absolute Gasteiger partial charge is 0.325 e. The topological polar surface area (TPSA) is 108 Å². The van der Waals surface area contributed by atoms with Gasteiger partial charge in [0.05, 0.1) is 18.5 Å². The summed E-state index contributed by atoms with van der Waals surface area (Å²) >= 11 is 5.91. The van der Waals surface area contributed by atoms with Crippen molar-refractivity contribution in [3.8, 4) is 17.0 Å². The molecule has 4 aromatic rings. The maximum Gasteiger partial charge on any atom is 0.325 e. The molecule has 0 radical (unpaired) electrons. The van der Waals surface area contributed by atoms with Crippen LogP contribution >= 0.6 is 11.6 Å². The molecule has 0 saturated carbocycles. The molecule has 1 aliphatic heterocycles. The normalized spacial score (nSPS) is 16.7. The van der Waals surface area contributed by atoms with E-state index in [1.165, 1.54) is 17.2 Å². The van der Waals surface area contributed by atoms with Gasteiger partial charge in [-0.1, -0.05) is 61.0 Å². The third-order valence-corrected chi connectivity index (χ3v) is 6.95. The van der Waals surface area contributed by atoms with Gasteiger partial charge in [-0.25, -0.2) is 14.2 Å². The quantitative estimate of drug-likeness (QED) is 0.243. The monoisotopic (exact) mass is 548 g/mol. The zero-order valence-corrected chi connectivity index (χ0v) is 21.7. The lowest BCUT2D eigenvalue weighted by molar-refractivity contribution is -0.129. The fourth-order valence-electron chi connectivity index (χ4n) is 4.76. The standard InChI is InChI=1S/C29H26ClFN4O4/c1-17(18-5-3-2-4-6-18)26(27-32-16-24(33-27)22-12-9-20(30)15-23(22)31)35-28(37)25(34-29(35)38)19-7-10-21(11-8-19)39-14-13-36/h2-12,15-17,25-26,36H,13-14H2,1H3,(H,32,33)(H,34,38)/t17-,25-,26+/m1/s1. The van der Waals surface area contributed by atoms with Crippen LogP contribution < -0.4 is 10.1 Å². The summed E-state index contributed by atoms with van der Waals surface area (Å²) in [6, 6.07) is 18.3. The highest BCUT2D eigenvalue weighted by molar-refractivity contribution is 6.30. The van der Waals surface area contributed by atoms with Crippen LogP contribution in [0.1, 0.15) is 41.9 Å². The fraction of sp³-hybridized carbons (Fsp3) is 0.207. The molecule has 2 heterocycles. The first-order valence-electron chi connectivity index (χ1n) is 12.4. The average Bonchev–Trinajstić information content (AvgIpc) is 3.53. The number of aliphatic hydroxyl groups is 1. The van der Waals surface area contributed by atoms with E-state index in [1.54, 1.807) is 36.4 Å². The number of amides is 3. The number of urea groups is 1. The second-order valence-corrected chi connectivity index (χ2v) is 9.62. The molecule has 1 fully saturated rings. The molecule has 39 heavy (non-hydrogen) atoms. The molecule has 0 unspecified atom stereocenters. The molecule has 3 atom stereocenters. The van der Waals surface area contributed by atoms with Crippen molar-refractivity contribution < 1.29 is 23.8 Å². The van der Waals surface area contributed by atoms with Crippen molar-refractivity contribution in [2.24, 2.45) is 0 Å². The number of aromatic nitrogens is 2. The van der Waals surface area contributed by atoms with Crippen molar-refractivity contribution in [3.63, 3.8) is 0 Å². The van der Waals surface area contributed by atoms with E-state index in [0.717, 1.165) is 5.56 Å². The molecular weight excluding hydrogens is 523 g/mol. The molecule has 1 aromatic heterocycles. The number of ether oxygens (including phenoxy) is 1. The van der Waals surface area contributed by atoms with Gasteiger partial charge < -0.3 is 20.1 Å². The molecule has 0 aliphatic carbocycles. The summed E-state index contributed by atoms with van der Waals surface area (Å²) in [6.45, 7) is 1.94. The van der Waals surface area contributed by atoms with Crippen molar-refractivity contribution in [1.82, 2.24) is 20.2 Å². The van der Waals surface area contributed by atoms with Crippen LogP contribution in [-0.4, -0.2) is 45.1 Å². The van der Waals surface area contributed by atoms with Gasteiger partial charge in [-0.2, -0.15) is 0 Å². The first kappa shape index (κ1) is 26.4. The summed E-state index contributed by atoms with van der Waals surface area (Å²) < 4.78 is 20.0. The Balaban J connectivity index is 1.50. The minimum Gasteiger partial charge on any atom is -0.491 e. The minimum absolute atomic E-state index is 0.117. The van der Waals surface area contributed by atoms with Crippen LogP contribution in [0.25, 0.3) is 11.3 Å². The van der Waals surface area contributed by atoms with Gasteiger partial charge in [0.25, 0.3) is 5.91 Å². The van der Waals surface area contributed by atoms with E-state index in [2.05, 4.69) is 15.3 Å². The van der Waals surface area contributed by atoms with Gasteiger partial charge in [-0.15, -0.1) is 0 Å². The fourth-order valence-corrected chi connectivity index (χ4v) is 4.92. The molecule has 0 bridgehead atoms. The molecule has 3 aromatic carbocycles. The maximum absolute atomic E-state index is 14.6. The summed E-state index contributed by atoms with van der Waals surface area (Å²) in [7, 11) is 0. The SMILES string of the molecule is C[C@H](c1ccccc1)[C@@H](c1ncc(-c2ccc(Cl)cc2F)[nH]1)N1C(=O)N[C@H](c2ccc(OCCO)cc2)C1=O. The largest absolute Gasteiger partial charge is 0.491 e. The molecule has 5 rings (SSSR count). The number of nitrogens with one attached hydrogen (secondary N) is 2. The minimum atomic E-state index is -0.905. The Kier molecular flexibility index (Phi) is 7.63. The van der Waals surface area contributed by atoms with Crippen molar-refractivity contribution in [2.75, 3.05) is 13.2 Å². The maximum atomic E-state index is 14.6. The molecule has 3 N–H and O–H groups in total. The average molecular weight is 549 g/mol. The summed E-state index contributed by atoms with van der Waals surface area (Å²) in [5.41, 5.74) is 2.14. The van der Waals surface area contributed by atoms with Crippen molar-refractivity contribution in [1.29, 1.82) is 0 Å². The summed E-state index contributed by atoms with van der Waals surface area (Å²) in [4.78, 5) is 35.9. The number of aromatic amines is 1.